The Morgan fingerprint density at radius 1 is 1.29 bits per heavy atom. The van der Waals surface area contributed by atoms with Gasteiger partial charge in [-0.2, -0.15) is 15.1 Å². The van der Waals surface area contributed by atoms with Crippen molar-refractivity contribution in [3.8, 4) is 11.6 Å². The Labute approximate surface area is 235 Å². The molecule has 5 rings (SSSR count). The number of aliphatic hydroxyl groups is 1. The third-order valence-corrected chi connectivity index (χ3v) is 8.10. The maximum Gasteiger partial charge on any atom is 0.459 e. The number of aliphatic hydroxyl groups excluding tert-OH is 1. The number of para-hydroxylation sites is 1. The molecule has 2 aliphatic heterocycles. The molecule has 16 heteroatoms. The average molecular weight is 593 g/mol. The molecule has 0 amide bonds. The molecule has 2 aliphatic rings. The number of nitrogens with two attached hydrogens (primary N) is 1. The van der Waals surface area contributed by atoms with Crippen LogP contribution < -0.4 is 20.1 Å². The molecule has 0 radical (unpaired) electrons. The molecule has 2 aromatic heterocycles. The van der Waals surface area contributed by atoms with Crippen LogP contribution in [-0.4, -0.2) is 80.4 Å². The van der Waals surface area contributed by atoms with Crippen molar-refractivity contribution in [2.75, 3.05) is 25.6 Å². The van der Waals surface area contributed by atoms with Crippen LogP contribution in [-0.2, 0) is 28.1 Å². The van der Waals surface area contributed by atoms with Gasteiger partial charge in [0.2, 0.25) is 11.8 Å². The molecule has 0 saturated carbocycles. The van der Waals surface area contributed by atoms with Crippen molar-refractivity contribution in [3.05, 3.63) is 36.7 Å². The van der Waals surface area contributed by atoms with Crippen LogP contribution in [0.15, 0.2) is 36.7 Å². The lowest BCUT2D eigenvalue weighted by molar-refractivity contribution is -0.183. The number of carbonyl (C=O) groups excluding carboxylic acids is 1. The fraction of sp³-hybridized carbons (Fsp3) is 0.520. The summed E-state index contributed by atoms with van der Waals surface area (Å²) >= 11 is 0. The monoisotopic (exact) mass is 592 g/mol. The summed E-state index contributed by atoms with van der Waals surface area (Å²) in [5.74, 6) is -0.212. The van der Waals surface area contributed by atoms with E-state index in [0.717, 1.165) is 0 Å². The number of nitrogens with zero attached hydrogens (tertiary/aromatic N) is 4. The highest BCUT2D eigenvalue weighted by Gasteiger charge is 2.63. The third-order valence-electron chi connectivity index (χ3n) is 6.47. The summed E-state index contributed by atoms with van der Waals surface area (Å²) in [6.45, 7) is 6.57. The molecule has 41 heavy (non-hydrogen) atoms. The standard InChI is InChI=1S/C25H33N6O9P/c1-5-35-21-17-20(28-24(26)29-21)31(13-27-17)22-18-19(32)25(39-22,11-36-18)12-37-41(34,40-16-9-7-6-8-10-16)30-15(4)23(33)38-14(2)3/h6-10,13-15,18-19,22,32H,5,11-12H2,1-4H3,(H,30,34)(H2,26,28,29). The normalized spacial score (nSPS) is 25.8. The number of nitrogen functional groups attached to an aromatic ring is 1. The Bertz CT molecular complexity index is 1440. The summed E-state index contributed by atoms with van der Waals surface area (Å²) in [5, 5.41) is 13.8. The molecule has 1 aromatic carbocycles. The number of nitrogens with one attached hydrogen (secondary N) is 1. The van der Waals surface area contributed by atoms with Gasteiger partial charge in [0.25, 0.3) is 0 Å². The lowest BCUT2D eigenvalue weighted by atomic mass is 10.0. The van der Waals surface area contributed by atoms with Crippen LogP contribution in [0.25, 0.3) is 11.2 Å². The topological polar surface area (TPSA) is 191 Å². The van der Waals surface area contributed by atoms with Crippen LogP contribution in [0.1, 0.15) is 33.9 Å². The van der Waals surface area contributed by atoms with Gasteiger partial charge >= 0.3 is 13.7 Å². The molecule has 0 aliphatic carbocycles. The summed E-state index contributed by atoms with van der Waals surface area (Å²) in [6, 6.07) is 7.30. The van der Waals surface area contributed by atoms with Gasteiger partial charge in [-0.3, -0.25) is 13.9 Å². The molecule has 2 fully saturated rings. The van der Waals surface area contributed by atoms with Gasteiger partial charge in [0, 0.05) is 0 Å². The average Bonchev–Trinajstić information content (AvgIpc) is 3.57. The summed E-state index contributed by atoms with van der Waals surface area (Å²) in [5.41, 5.74) is 5.15. The van der Waals surface area contributed by atoms with E-state index >= 15 is 0 Å². The first kappa shape index (κ1) is 29.2. The van der Waals surface area contributed by atoms with Crippen LogP contribution in [0.3, 0.4) is 0 Å². The van der Waals surface area contributed by atoms with Crippen molar-refractivity contribution in [1.82, 2.24) is 24.6 Å². The number of fused-ring (bicyclic) bond motifs is 3. The Balaban J connectivity index is 1.38. The van der Waals surface area contributed by atoms with Crippen LogP contribution >= 0.6 is 7.75 Å². The van der Waals surface area contributed by atoms with Crippen molar-refractivity contribution in [2.45, 2.75) is 63.9 Å². The second-order valence-corrected chi connectivity index (χ2v) is 11.6. The highest BCUT2D eigenvalue weighted by molar-refractivity contribution is 7.52. The van der Waals surface area contributed by atoms with Crippen LogP contribution in [0.5, 0.6) is 11.6 Å². The molecule has 2 bridgehead atoms. The smallest absolute Gasteiger partial charge is 0.459 e. The zero-order valence-corrected chi connectivity index (χ0v) is 23.9. The van der Waals surface area contributed by atoms with Gasteiger partial charge in [-0.25, -0.2) is 9.55 Å². The van der Waals surface area contributed by atoms with Gasteiger partial charge in [-0.1, -0.05) is 18.2 Å². The molecule has 6 atom stereocenters. The first-order chi connectivity index (χ1) is 19.5. The van der Waals surface area contributed by atoms with Crippen molar-refractivity contribution in [2.24, 2.45) is 0 Å². The Morgan fingerprint density at radius 2 is 2.05 bits per heavy atom. The zero-order chi connectivity index (χ0) is 29.4. The summed E-state index contributed by atoms with van der Waals surface area (Å²) < 4.78 is 49.9. The minimum absolute atomic E-state index is 0.0273. The molecule has 2 saturated heterocycles. The van der Waals surface area contributed by atoms with Gasteiger partial charge in [-0.05, 0) is 39.8 Å². The minimum Gasteiger partial charge on any atom is -0.476 e. The van der Waals surface area contributed by atoms with E-state index < -0.39 is 50.4 Å². The van der Waals surface area contributed by atoms with E-state index in [-0.39, 0.29) is 30.3 Å². The van der Waals surface area contributed by atoms with Crippen molar-refractivity contribution in [1.29, 1.82) is 0 Å². The lowest BCUT2D eigenvalue weighted by Gasteiger charge is -2.32. The van der Waals surface area contributed by atoms with Crippen LogP contribution in [0, 0.1) is 0 Å². The van der Waals surface area contributed by atoms with E-state index in [0.29, 0.717) is 17.8 Å². The minimum atomic E-state index is -4.22. The summed E-state index contributed by atoms with van der Waals surface area (Å²) in [4.78, 5) is 25.2. The SMILES string of the molecule is CCOc1nc(N)nc2c1ncn2C1OC2(COP(=O)(NC(C)C(=O)OC(C)C)Oc3ccccc3)COC1C2O. The zero-order valence-electron chi connectivity index (χ0n) is 23.0. The van der Waals surface area contributed by atoms with Gasteiger partial charge in [0.15, 0.2) is 17.4 Å². The van der Waals surface area contributed by atoms with Gasteiger partial charge in [-0.15, -0.1) is 0 Å². The second kappa shape index (κ2) is 11.5. The van der Waals surface area contributed by atoms with Crippen molar-refractivity contribution >= 4 is 30.8 Å². The fourth-order valence-electron chi connectivity index (χ4n) is 4.60. The Hall–Kier alpha value is -3.33. The molecule has 4 heterocycles. The molecular weight excluding hydrogens is 559 g/mol. The van der Waals surface area contributed by atoms with E-state index in [9.17, 15) is 14.5 Å². The number of esters is 1. The molecule has 15 nitrogen and oxygen atoms in total. The highest BCUT2D eigenvalue weighted by atomic mass is 31.2. The number of ether oxygens (including phenoxy) is 4. The predicted octanol–water partition coefficient (Wildman–Crippen LogP) is 1.97. The van der Waals surface area contributed by atoms with E-state index in [1.807, 2.05) is 0 Å². The van der Waals surface area contributed by atoms with E-state index in [2.05, 4.69) is 20.0 Å². The number of carbonyl (C=O) groups is 1. The highest BCUT2D eigenvalue weighted by Crippen LogP contribution is 2.51. The van der Waals surface area contributed by atoms with Crippen molar-refractivity contribution < 1.29 is 42.5 Å². The molecule has 222 valence electrons. The van der Waals surface area contributed by atoms with E-state index in [1.165, 1.54) is 13.3 Å². The van der Waals surface area contributed by atoms with E-state index in [4.69, 9.17) is 33.7 Å². The molecule has 4 N–H and O–H groups in total. The van der Waals surface area contributed by atoms with E-state index in [1.54, 1.807) is 55.7 Å². The Morgan fingerprint density at radius 3 is 2.76 bits per heavy atom. The number of anilines is 1. The maximum atomic E-state index is 13.9. The first-order valence-electron chi connectivity index (χ1n) is 13.1. The van der Waals surface area contributed by atoms with Crippen LogP contribution in [0.2, 0.25) is 0 Å². The number of aromatic nitrogens is 4. The number of benzene rings is 1. The first-order valence-corrected chi connectivity index (χ1v) is 14.7. The molecule has 3 aromatic rings. The predicted molar refractivity (Wildman–Crippen MR) is 144 cm³/mol. The van der Waals surface area contributed by atoms with Crippen LogP contribution in [0.4, 0.5) is 5.95 Å². The maximum absolute atomic E-state index is 13.9. The molecule has 0 spiro atoms. The van der Waals surface area contributed by atoms with Gasteiger partial charge in [0.05, 0.1) is 32.3 Å². The number of hydrogen-bond acceptors (Lipinski definition) is 13. The van der Waals surface area contributed by atoms with Gasteiger partial charge in [0.1, 0.15) is 29.6 Å². The summed E-state index contributed by atoms with van der Waals surface area (Å²) in [6.07, 6.45) is -1.80. The number of hydrogen-bond donors (Lipinski definition) is 3. The third kappa shape index (κ3) is 5.87. The number of rotatable bonds is 12. The quantitative estimate of drug-likeness (QED) is 0.204. The fourth-order valence-corrected chi connectivity index (χ4v) is 6.15. The largest absolute Gasteiger partial charge is 0.476 e. The Kier molecular flexibility index (Phi) is 8.19. The van der Waals surface area contributed by atoms with Gasteiger partial charge < -0.3 is 34.3 Å². The molecular formula is C25H33N6O9P. The lowest BCUT2D eigenvalue weighted by Crippen LogP contribution is -2.46. The second-order valence-electron chi connectivity index (χ2n) is 9.95. The molecule has 6 unspecified atom stereocenters. The summed E-state index contributed by atoms with van der Waals surface area (Å²) in [7, 11) is -4.22. The van der Waals surface area contributed by atoms with Crippen molar-refractivity contribution in [3.63, 3.8) is 0 Å². The number of imidazole rings is 1.